The van der Waals surface area contributed by atoms with Crippen LogP contribution in [0.15, 0.2) is 64.7 Å². The molecule has 2 aliphatic rings. The first-order valence-electron chi connectivity index (χ1n) is 23.5. The van der Waals surface area contributed by atoms with Crippen molar-refractivity contribution in [2.75, 3.05) is 83.6 Å². The van der Waals surface area contributed by atoms with Crippen LogP contribution in [0.2, 0.25) is 0 Å². The summed E-state index contributed by atoms with van der Waals surface area (Å²) >= 11 is 5.08. The van der Waals surface area contributed by atoms with E-state index in [0.717, 1.165) is 57.5 Å². The molecule has 0 bridgehead atoms. The number of aromatic nitrogens is 3. The Balaban J connectivity index is 0.810. The number of β-amino-alcohol motifs (C(OH)–C–C–N with tert-alkyl or cyclic N) is 1. The van der Waals surface area contributed by atoms with Gasteiger partial charge in [-0.15, -0.1) is 11.3 Å². The maximum Gasteiger partial charge on any atom is 0.246 e. The van der Waals surface area contributed by atoms with Gasteiger partial charge in [0, 0.05) is 57.4 Å². The Hall–Kier alpha value is -5.25. The molecule has 374 valence electrons. The number of rotatable bonds is 26. The van der Waals surface area contributed by atoms with Crippen molar-refractivity contribution in [2.45, 2.75) is 84.5 Å². The fourth-order valence-corrected chi connectivity index (χ4v) is 8.86. The predicted octanol–water partition coefficient (Wildman–Crippen LogP) is 5.71. The molecule has 3 atom stereocenters. The summed E-state index contributed by atoms with van der Waals surface area (Å²) in [6.07, 6.45) is 4.86. The van der Waals surface area contributed by atoms with Crippen LogP contribution in [-0.2, 0) is 39.9 Å². The summed E-state index contributed by atoms with van der Waals surface area (Å²) in [5.41, 5.74) is 4.81. The van der Waals surface area contributed by atoms with Crippen molar-refractivity contribution in [3.8, 4) is 16.2 Å². The average Bonchev–Trinajstić information content (AvgIpc) is 3.93. The van der Waals surface area contributed by atoms with E-state index < -0.39 is 35.4 Å². The highest BCUT2D eigenvalue weighted by Gasteiger charge is 2.44. The van der Waals surface area contributed by atoms with E-state index in [1.807, 2.05) is 93.7 Å². The number of ether oxygens (including phenoxy) is 4. The molecule has 1 aliphatic heterocycles. The quantitative estimate of drug-likeness (QED) is 0.0476. The molecule has 2 aromatic heterocycles. The van der Waals surface area contributed by atoms with Crippen molar-refractivity contribution < 1.29 is 43.2 Å². The van der Waals surface area contributed by atoms with E-state index in [4.69, 9.17) is 18.9 Å². The normalized spacial score (nSPS) is 16.4. The van der Waals surface area contributed by atoms with Crippen molar-refractivity contribution in [2.24, 2.45) is 11.3 Å². The van der Waals surface area contributed by atoms with E-state index in [9.17, 15) is 24.3 Å². The Kier molecular flexibility index (Phi) is 20.1. The molecular formula is C49H66BrN9O9S. The first-order chi connectivity index (χ1) is 33.2. The number of aryl methyl sites for hydroxylation is 1. The lowest BCUT2D eigenvalue weighted by molar-refractivity contribution is -0.144. The minimum Gasteiger partial charge on any atom is -0.491 e. The Morgan fingerprint density at radius 1 is 0.957 bits per heavy atom. The van der Waals surface area contributed by atoms with Gasteiger partial charge in [0.1, 0.15) is 36.9 Å². The minimum atomic E-state index is -0.967. The van der Waals surface area contributed by atoms with Crippen LogP contribution in [0.3, 0.4) is 0 Å². The van der Waals surface area contributed by atoms with E-state index in [1.165, 1.54) is 4.90 Å². The van der Waals surface area contributed by atoms with Gasteiger partial charge in [-0.2, -0.15) is 4.98 Å². The number of hydrogen-bond acceptors (Lipinski definition) is 15. The zero-order valence-electron chi connectivity index (χ0n) is 40.1. The maximum absolute atomic E-state index is 13.9. The van der Waals surface area contributed by atoms with Crippen LogP contribution in [0.5, 0.6) is 5.75 Å². The van der Waals surface area contributed by atoms with Gasteiger partial charge in [0.25, 0.3) is 0 Å². The number of aliphatic hydroxyl groups excluding tert-OH is 1. The molecule has 0 radical (unpaired) electrons. The fourth-order valence-electron chi connectivity index (χ4n) is 7.72. The van der Waals surface area contributed by atoms with Gasteiger partial charge in [-0.1, -0.05) is 51.5 Å². The zero-order chi connectivity index (χ0) is 49.3. The minimum absolute atomic E-state index is 0.0179. The van der Waals surface area contributed by atoms with Gasteiger partial charge in [0.2, 0.25) is 29.6 Å². The molecule has 4 amide bonds. The van der Waals surface area contributed by atoms with E-state index in [0.29, 0.717) is 57.0 Å². The molecule has 0 spiro atoms. The maximum atomic E-state index is 13.9. The highest BCUT2D eigenvalue weighted by molar-refractivity contribution is 9.10. The molecule has 2 fully saturated rings. The number of nitrogens with zero attached hydrogens (tertiary/aromatic N) is 5. The number of nitrogens with one attached hydrogen (secondary N) is 4. The molecule has 18 nitrogen and oxygen atoms in total. The second-order valence-electron chi connectivity index (χ2n) is 18.3. The summed E-state index contributed by atoms with van der Waals surface area (Å²) in [4.78, 5) is 70.3. The second-order valence-corrected chi connectivity index (χ2v) is 20.0. The molecule has 1 saturated carbocycles. The number of carbonyl (C=O) groups excluding carboxylic acids is 4. The van der Waals surface area contributed by atoms with Crippen LogP contribution >= 0.6 is 27.3 Å². The van der Waals surface area contributed by atoms with Crippen molar-refractivity contribution >= 4 is 68.3 Å². The zero-order valence-corrected chi connectivity index (χ0v) is 42.5. The molecule has 3 heterocycles. The average molecular weight is 1040 g/mol. The van der Waals surface area contributed by atoms with Gasteiger partial charge in [-0.3, -0.25) is 19.2 Å². The number of halogens is 1. The van der Waals surface area contributed by atoms with Crippen LogP contribution in [0.1, 0.15) is 64.1 Å². The number of amides is 4. The Morgan fingerprint density at radius 2 is 1.65 bits per heavy atom. The van der Waals surface area contributed by atoms with Gasteiger partial charge in [-0.05, 0) is 82.9 Å². The predicted molar refractivity (Wildman–Crippen MR) is 267 cm³/mol. The lowest BCUT2D eigenvalue weighted by Crippen LogP contribution is -2.58. The SMILES string of the molecule is Cc1ncsc1-c1ccc(CNC(=O)[C@@H]2C[C@@H](O)CN2C(=O)[C@@H](NC(=O)COCCOCCOCCOc2ccc(Nc3ncc(Br)c(NCCCN(C)C(=O)C4CCC4)n3)cc2)C(C)(C)C)cc1. The largest absolute Gasteiger partial charge is 0.491 e. The van der Waals surface area contributed by atoms with Gasteiger partial charge < -0.3 is 55.1 Å². The highest BCUT2D eigenvalue weighted by Crippen LogP contribution is 2.30. The van der Waals surface area contributed by atoms with Gasteiger partial charge in [0.15, 0.2) is 0 Å². The first kappa shape index (κ1) is 53.1. The van der Waals surface area contributed by atoms with Crippen LogP contribution in [0.25, 0.3) is 10.4 Å². The highest BCUT2D eigenvalue weighted by atomic mass is 79.9. The standard InChI is InChI=1S/C49H66BrN9O9S/c1-32-42(69-31-54-32)34-12-10-33(11-13-34)27-52-45(62)40-26-37(60)29-59(40)47(64)43(49(2,3)4)56-41(61)30-67-23-22-65-20-21-66-24-25-68-38-16-14-36(15-17-38)55-48-53-28-39(50)44(57-48)51-18-7-19-58(5)46(63)35-8-6-9-35/h10-17,28,31,35,37,40,43,60H,6-9,18-27,29-30H2,1-5H3,(H,52,62)(H,56,61)(H2,51,53,55,57)/t37-,40+,43-/m1/s1. The molecule has 20 heteroatoms. The summed E-state index contributed by atoms with van der Waals surface area (Å²) in [7, 11) is 1.87. The molecule has 0 unspecified atom stereocenters. The van der Waals surface area contributed by atoms with E-state index in [-0.39, 0.29) is 57.1 Å². The number of hydrogen-bond donors (Lipinski definition) is 5. The lowest BCUT2D eigenvalue weighted by atomic mass is 9.84. The molecule has 5 N–H and O–H groups in total. The Labute approximate surface area is 416 Å². The van der Waals surface area contributed by atoms with Crippen LogP contribution in [-0.4, -0.2) is 145 Å². The van der Waals surface area contributed by atoms with Gasteiger partial charge in [-0.25, -0.2) is 9.97 Å². The van der Waals surface area contributed by atoms with E-state index in [1.54, 1.807) is 17.5 Å². The monoisotopic (exact) mass is 1040 g/mol. The molecule has 6 rings (SSSR count). The third-order valence-corrected chi connectivity index (χ3v) is 13.4. The number of likely N-dealkylation sites (tertiary alicyclic amines) is 1. The molecule has 4 aromatic rings. The molecule has 69 heavy (non-hydrogen) atoms. The Bertz CT molecular complexity index is 2290. The smallest absolute Gasteiger partial charge is 0.246 e. The molecule has 1 saturated heterocycles. The third-order valence-electron chi connectivity index (χ3n) is 11.8. The summed E-state index contributed by atoms with van der Waals surface area (Å²) in [6, 6.07) is 13.4. The van der Waals surface area contributed by atoms with E-state index >= 15 is 0 Å². The summed E-state index contributed by atoms with van der Waals surface area (Å²) in [5.74, 6) is 0.923. The van der Waals surface area contributed by atoms with Gasteiger partial charge >= 0.3 is 0 Å². The number of anilines is 3. The molecule has 1 aliphatic carbocycles. The second kappa shape index (κ2) is 26.1. The van der Waals surface area contributed by atoms with Gasteiger partial charge in [0.05, 0.1) is 59.7 Å². The van der Waals surface area contributed by atoms with Crippen molar-refractivity contribution in [1.82, 2.24) is 35.4 Å². The van der Waals surface area contributed by atoms with Crippen molar-refractivity contribution in [1.29, 1.82) is 0 Å². The number of benzene rings is 2. The Morgan fingerprint density at radius 3 is 2.30 bits per heavy atom. The lowest BCUT2D eigenvalue weighted by Gasteiger charge is -2.35. The number of aliphatic hydroxyl groups is 1. The first-order valence-corrected chi connectivity index (χ1v) is 25.1. The summed E-state index contributed by atoms with van der Waals surface area (Å²) < 4.78 is 23.3. The van der Waals surface area contributed by atoms with E-state index in [2.05, 4.69) is 52.1 Å². The molecule has 2 aromatic carbocycles. The topological polar surface area (TPSA) is 219 Å². The number of thiazole rings is 1. The van der Waals surface area contributed by atoms with Crippen LogP contribution in [0.4, 0.5) is 17.5 Å². The summed E-state index contributed by atoms with van der Waals surface area (Å²) in [5, 5.41) is 22.8. The van der Waals surface area contributed by atoms with Crippen LogP contribution < -0.4 is 26.0 Å². The summed E-state index contributed by atoms with van der Waals surface area (Å²) in [6.45, 7) is 10.5. The third kappa shape index (κ3) is 16.1. The van der Waals surface area contributed by atoms with Crippen molar-refractivity contribution in [3.05, 3.63) is 76.0 Å². The fraction of sp³-hybridized carbons (Fsp3) is 0.531. The molecular weight excluding hydrogens is 971 g/mol. The van der Waals surface area contributed by atoms with Crippen molar-refractivity contribution in [3.63, 3.8) is 0 Å². The number of carbonyl (C=O) groups is 4. The van der Waals surface area contributed by atoms with Crippen LogP contribution in [0, 0.1) is 18.3 Å².